The van der Waals surface area contributed by atoms with E-state index in [9.17, 15) is 14.4 Å². The average molecular weight is 474 g/mol. The van der Waals surface area contributed by atoms with Crippen LogP contribution in [0.15, 0.2) is 59.0 Å². The van der Waals surface area contributed by atoms with Gasteiger partial charge in [-0.15, -0.1) is 0 Å². The molecular weight excluding hydrogens is 442 g/mol. The van der Waals surface area contributed by atoms with Crippen LogP contribution in [-0.2, 0) is 22.6 Å². The van der Waals surface area contributed by atoms with E-state index in [2.05, 4.69) is 24.3 Å². The molecule has 0 N–H and O–H groups in total. The zero-order valence-corrected chi connectivity index (χ0v) is 20.5. The van der Waals surface area contributed by atoms with Crippen molar-refractivity contribution in [1.29, 1.82) is 0 Å². The van der Waals surface area contributed by atoms with E-state index in [0.29, 0.717) is 17.9 Å². The van der Waals surface area contributed by atoms with Crippen LogP contribution in [0.4, 0.5) is 0 Å². The van der Waals surface area contributed by atoms with Crippen LogP contribution in [0.25, 0.3) is 16.5 Å². The van der Waals surface area contributed by atoms with Gasteiger partial charge >= 0.3 is 0 Å². The largest absolute Gasteiger partial charge is 0.451 e. The predicted molar refractivity (Wildman–Crippen MR) is 136 cm³/mol. The van der Waals surface area contributed by atoms with Crippen molar-refractivity contribution in [3.8, 4) is 0 Å². The number of carbonyl (C=O) groups is 3. The highest BCUT2D eigenvalue weighted by Crippen LogP contribution is 2.27. The Kier molecular flexibility index (Phi) is 7.34. The molecule has 1 aromatic heterocycles. The maximum absolute atomic E-state index is 12.0. The van der Waals surface area contributed by atoms with Crippen LogP contribution in [0.3, 0.4) is 0 Å². The van der Waals surface area contributed by atoms with E-state index in [0.717, 1.165) is 55.4 Å². The van der Waals surface area contributed by atoms with Crippen molar-refractivity contribution in [1.82, 2.24) is 14.7 Å². The summed E-state index contributed by atoms with van der Waals surface area (Å²) in [6.07, 6.45) is 4.90. The highest BCUT2D eigenvalue weighted by molar-refractivity contribution is 5.96. The number of rotatable bonds is 3. The normalized spacial score (nSPS) is 15.0. The second kappa shape index (κ2) is 10.6. The lowest BCUT2D eigenvalue weighted by Crippen LogP contribution is -2.34. The van der Waals surface area contributed by atoms with Crippen molar-refractivity contribution >= 4 is 34.8 Å². The van der Waals surface area contributed by atoms with Crippen LogP contribution in [0.5, 0.6) is 0 Å². The SMILES string of the molecule is CC(=O)N1CCc2ccccc2C1.CN(C)C(=O)c1cc2cc(C3=CCCN(C=O)C3)ccc2o1. The lowest BCUT2D eigenvalue weighted by Gasteiger charge is -2.27. The summed E-state index contributed by atoms with van der Waals surface area (Å²) in [7, 11) is 3.39. The Morgan fingerprint density at radius 3 is 2.49 bits per heavy atom. The summed E-state index contributed by atoms with van der Waals surface area (Å²) in [4.78, 5) is 39.2. The van der Waals surface area contributed by atoms with Gasteiger partial charge in [0.05, 0.1) is 0 Å². The average Bonchev–Trinajstić information content (AvgIpc) is 3.31. The molecule has 0 atom stereocenters. The Morgan fingerprint density at radius 1 is 1.00 bits per heavy atom. The van der Waals surface area contributed by atoms with Crippen molar-refractivity contribution in [2.45, 2.75) is 26.3 Å². The maximum atomic E-state index is 12.0. The Hall–Kier alpha value is -3.87. The molecule has 2 aromatic carbocycles. The molecule has 2 aliphatic rings. The fourth-order valence-electron chi connectivity index (χ4n) is 4.40. The fourth-order valence-corrected chi connectivity index (χ4v) is 4.40. The van der Waals surface area contributed by atoms with Crippen LogP contribution >= 0.6 is 0 Å². The minimum absolute atomic E-state index is 0.151. The Labute approximate surface area is 205 Å². The number of hydrogen-bond donors (Lipinski definition) is 0. The maximum Gasteiger partial charge on any atom is 0.289 e. The van der Waals surface area contributed by atoms with Gasteiger partial charge in [-0.3, -0.25) is 14.4 Å². The van der Waals surface area contributed by atoms with E-state index in [1.807, 2.05) is 29.2 Å². The molecule has 0 aliphatic carbocycles. The van der Waals surface area contributed by atoms with E-state index >= 15 is 0 Å². The molecule has 0 fully saturated rings. The minimum atomic E-state index is -0.151. The molecule has 7 nitrogen and oxygen atoms in total. The molecule has 0 spiro atoms. The van der Waals surface area contributed by atoms with Crippen LogP contribution in [0, 0.1) is 0 Å². The molecule has 2 aliphatic heterocycles. The Morgan fingerprint density at radius 2 is 1.77 bits per heavy atom. The van der Waals surface area contributed by atoms with Crippen molar-refractivity contribution in [2.75, 3.05) is 33.7 Å². The quantitative estimate of drug-likeness (QED) is 0.540. The van der Waals surface area contributed by atoms with Crippen LogP contribution in [0.2, 0.25) is 0 Å². The Balaban J connectivity index is 0.000000189. The molecule has 7 heteroatoms. The van der Waals surface area contributed by atoms with Gasteiger partial charge in [-0.2, -0.15) is 0 Å². The first-order valence-electron chi connectivity index (χ1n) is 11.8. The van der Waals surface area contributed by atoms with Crippen LogP contribution in [-0.4, -0.2) is 66.7 Å². The summed E-state index contributed by atoms with van der Waals surface area (Å²) in [5.74, 6) is 0.362. The van der Waals surface area contributed by atoms with Crippen molar-refractivity contribution < 1.29 is 18.8 Å². The second-order valence-corrected chi connectivity index (χ2v) is 9.12. The van der Waals surface area contributed by atoms with Crippen molar-refractivity contribution in [2.24, 2.45) is 0 Å². The number of furan rings is 1. The summed E-state index contributed by atoms with van der Waals surface area (Å²) < 4.78 is 5.60. The van der Waals surface area contributed by atoms with Crippen LogP contribution in [0.1, 0.15) is 40.6 Å². The number of fused-ring (bicyclic) bond motifs is 2. The summed E-state index contributed by atoms with van der Waals surface area (Å²) in [5.41, 5.74) is 5.56. The van der Waals surface area contributed by atoms with Gasteiger partial charge in [0, 0.05) is 52.6 Å². The highest BCUT2D eigenvalue weighted by atomic mass is 16.3. The van der Waals surface area contributed by atoms with E-state index in [1.54, 1.807) is 32.0 Å². The third-order valence-electron chi connectivity index (χ3n) is 6.41. The lowest BCUT2D eigenvalue weighted by molar-refractivity contribution is -0.129. The van der Waals surface area contributed by atoms with Gasteiger partial charge < -0.3 is 19.1 Å². The Bertz CT molecular complexity index is 1270. The molecule has 3 aromatic rings. The number of nitrogens with zero attached hydrogens (tertiary/aromatic N) is 3. The monoisotopic (exact) mass is 473 g/mol. The minimum Gasteiger partial charge on any atom is -0.451 e. The third kappa shape index (κ3) is 5.62. The first kappa shape index (κ1) is 24.3. The van der Waals surface area contributed by atoms with Gasteiger partial charge in [0.25, 0.3) is 5.91 Å². The molecular formula is C28H31N3O4. The van der Waals surface area contributed by atoms with Gasteiger partial charge in [-0.1, -0.05) is 36.4 Å². The van der Waals surface area contributed by atoms with E-state index < -0.39 is 0 Å². The van der Waals surface area contributed by atoms with Crippen molar-refractivity contribution in [3.05, 3.63) is 77.1 Å². The predicted octanol–water partition coefficient (Wildman–Crippen LogP) is 3.97. The molecule has 35 heavy (non-hydrogen) atoms. The number of benzene rings is 2. The highest BCUT2D eigenvalue weighted by Gasteiger charge is 2.18. The number of amides is 3. The topological polar surface area (TPSA) is 74.1 Å². The third-order valence-corrected chi connectivity index (χ3v) is 6.41. The van der Waals surface area contributed by atoms with Gasteiger partial charge in [0.1, 0.15) is 5.58 Å². The number of carbonyl (C=O) groups excluding carboxylic acids is 3. The van der Waals surface area contributed by atoms with Gasteiger partial charge in [0.2, 0.25) is 12.3 Å². The van der Waals surface area contributed by atoms with E-state index in [4.69, 9.17) is 4.42 Å². The summed E-state index contributed by atoms with van der Waals surface area (Å²) in [5, 5.41) is 0.895. The molecule has 0 radical (unpaired) electrons. The standard InChI is InChI=1S/C17H18N2O3.C11H13NO/c1-18(2)17(21)16-9-14-8-12(5-6-15(14)22-16)13-4-3-7-19(10-13)11-20;1-9(13)12-7-6-10-4-2-3-5-11(10)8-12/h4-6,8-9,11H,3,7,10H2,1-2H3;2-5H,6-8H2,1H3. The van der Waals surface area contributed by atoms with Gasteiger partial charge in [0.15, 0.2) is 5.76 Å². The molecule has 0 saturated carbocycles. The van der Waals surface area contributed by atoms with Crippen molar-refractivity contribution in [3.63, 3.8) is 0 Å². The number of hydrogen-bond acceptors (Lipinski definition) is 4. The molecule has 3 amide bonds. The molecule has 0 saturated heterocycles. The lowest BCUT2D eigenvalue weighted by atomic mass is 10.00. The van der Waals surface area contributed by atoms with E-state index in [-0.39, 0.29) is 11.8 Å². The zero-order valence-electron chi connectivity index (χ0n) is 20.5. The summed E-state index contributed by atoms with van der Waals surface area (Å²) in [6, 6.07) is 15.9. The second-order valence-electron chi connectivity index (χ2n) is 9.12. The molecule has 5 rings (SSSR count). The molecule has 0 unspecified atom stereocenters. The molecule has 0 bridgehead atoms. The summed E-state index contributed by atoms with van der Waals surface area (Å²) in [6.45, 7) is 4.67. The molecule has 182 valence electrons. The fraction of sp³-hybridized carbons (Fsp3) is 0.321. The zero-order chi connectivity index (χ0) is 24.9. The summed E-state index contributed by atoms with van der Waals surface area (Å²) >= 11 is 0. The first-order valence-corrected chi connectivity index (χ1v) is 11.8. The van der Waals surface area contributed by atoms with Gasteiger partial charge in [-0.05, 0) is 53.3 Å². The first-order chi connectivity index (χ1) is 16.9. The smallest absolute Gasteiger partial charge is 0.289 e. The van der Waals surface area contributed by atoms with E-state index in [1.165, 1.54) is 16.0 Å². The van der Waals surface area contributed by atoms with Gasteiger partial charge in [-0.25, -0.2) is 0 Å². The van der Waals surface area contributed by atoms with Crippen LogP contribution < -0.4 is 0 Å². The molecule has 3 heterocycles.